The van der Waals surface area contributed by atoms with Crippen LogP contribution >= 0.6 is 0 Å². The van der Waals surface area contributed by atoms with Crippen LogP contribution < -0.4 is 10.6 Å². The number of hydrogen-bond acceptors (Lipinski definition) is 1. The zero-order chi connectivity index (χ0) is 11.4. The van der Waals surface area contributed by atoms with Crippen LogP contribution in [-0.4, -0.2) is 19.1 Å². The summed E-state index contributed by atoms with van der Waals surface area (Å²) in [7, 11) is 2.09. The van der Waals surface area contributed by atoms with Gasteiger partial charge in [-0.05, 0) is 31.2 Å². The summed E-state index contributed by atoms with van der Waals surface area (Å²) in [6.07, 6.45) is 8.88. The van der Waals surface area contributed by atoms with Gasteiger partial charge in [-0.1, -0.05) is 29.8 Å². The summed E-state index contributed by atoms with van der Waals surface area (Å²) in [4.78, 5) is 0. The molecule has 0 aliphatic heterocycles. The molecule has 0 spiro atoms. The van der Waals surface area contributed by atoms with Crippen LogP contribution in [-0.2, 0) is 0 Å². The minimum absolute atomic E-state index is 0.318. The van der Waals surface area contributed by atoms with Crippen molar-refractivity contribution >= 4 is 5.69 Å². The van der Waals surface area contributed by atoms with E-state index in [0.717, 1.165) is 0 Å². The number of nitrogens with two attached hydrogens (primary N) is 1. The molecule has 0 heterocycles. The maximum atomic E-state index is 3.47. The molecule has 1 aromatic carbocycles. The first-order valence-electron chi connectivity index (χ1n) is 5.77. The molecule has 2 rings (SSSR count). The molecule has 16 heavy (non-hydrogen) atoms. The highest BCUT2D eigenvalue weighted by Crippen LogP contribution is 2.12. The van der Waals surface area contributed by atoms with E-state index in [1.54, 1.807) is 0 Å². The summed E-state index contributed by atoms with van der Waals surface area (Å²) in [6, 6.07) is 9.31. The number of benzene rings is 1. The van der Waals surface area contributed by atoms with Gasteiger partial charge in [-0.3, -0.25) is 0 Å². The largest absolute Gasteiger partial charge is 0.375 e. The molecule has 0 fully saturated rings. The Morgan fingerprint density at radius 1 is 1.00 bits per heavy atom. The Hall–Kier alpha value is -1.54. The lowest BCUT2D eigenvalue weighted by molar-refractivity contribution is -0.642. The van der Waals surface area contributed by atoms with E-state index in [-0.39, 0.29) is 0 Å². The topological polar surface area (TPSA) is 28.6 Å². The molecule has 0 unspecified atom stereocenters. The van der Waals surface area contributed by atoms with Gasteiger partial charge < -0.3 is 10.6 Å². The quantitative estimate of drug-likeness (QED) is 0.734. The summed E-state index contributed by atoms with van der Waals surface area (Å²) in [5, 5.41) is 5.65. The van der Waals surface area contributed by atoms with Crippen LogP contribution in [0.3, 0.4) is 0 Å². The van der Waals surface area contributed by atoms with Crippen LogP contribution in [0, 0.1) is 6.92 Å². The van der Waals surface area contributed by atoms with Gasteiger partial charge in [0, 0.05) is 5.69 Å². The number of rotatable bonds is 3. The molecule has 1 aliphatic carbocycles. The van der Waals surface area contributed by atoms with Gasteiger partial charge in [0.2, 0.25) is 0 Å². The number of likely N-dealkylation sites (N-methyl/N-ethyl adjacent to an activating group) is 1. The summed E-state index contributed by atoms with van der Waals surface area (Å²) >= 11 is 0. The average Bonchev–Trinajstić information content (AvgIpc) is 2.33. The molecule has 0 saturated carbocycles. The minimum Gasteiger partial charge on any atom is -0.375 e. The highest BCUT2D eigenvalue weighted by molar-refractivity contribution is 5.47. The molecule has 0 aromatic heterocycles. The van der Waals surface area contributed by atoms with Gasteiger partial charge in [-0.25, -0.2) is 0 Å². The first kappa shape index (κ1) is 11.0. The molecule has 2 heteroatoms. The average molecular weight is 215 g/mol. The fraction of sp³-hybridized carbons (Fsp3) is 0.286. The van der Waals surface area contributed by atoms with Crippen molar-refractivity contribution in [3.8, 4) is 0 Å². The third-order valence-electron chi connectivity index (χ3n) is 2.85. The minimum atomic E-state index is 0.318. The molecule has 0 bridgehead atoms. The normalized spacial score (nSPS) is 23.4. The number of nitrogens with one attached hydrogen (secondary N) is 1. The Kier molecular flexibility index (Phi) is 3.42. The highest BCUT2D eigenvalue weighted by Gasteiger charge is 2.09. The first-order chi connectivity index (χ1) is 7.78. The molecular weight excluding hydrogens is 196 g/mol. The van der Waals surface area contributed by atoms with E-state index in [1.165, 1.54) is 11.3 Å². The maximum absolute atomic E-state index is 3.47. The lowest BCUT2D eigenvalue weighted by atomic mass is 10.1. The molecule has 0 atom stereocenters. The van der Waals surface area contributed by atoms with Crippen molar-refractivity contribution in [2.75, 3.05) is 12.4 Å². The molecule has 1 aromatic rings. The molecular formula is C14H19N2+. The van der Waals surface area contributed by atoms with Gasteiger partial charge in [0.05, 0.1) is 13.1 Å². The van der Waals surface area contributed by atoms with Crippen molar-refractivity contribution in [3.05, 3.63) is 54.1 Å². The lowest BCUT2D eigenvalue weighted by Crippen LogP contribution is -2.85. The van der Waals surface area contributed by atoms with Crippen molar-refractivity contribution in [1.29, 1.82) is 0 Å². The predicted molar refractivity (Wildman–Crippen MR) is 68.5 cm³/mol. The SMILES string of the molecule is C[NH2+]C1C=CC(Nc2ccc(C)cc2)C=C1. The standard InChI is InChI=1S/C14H18N2/c1-11-3-5-13(6-4-11)16-14-9-7-12(15-2)8-10-14/h3-10,12,14-16H,1-2H3/p+1. The Labute approximate surface area is 97.1 Å². The number of quaternary nitrogens is 1. The van der Waals surface area contributed by atoms with Crippen LogP contribution in [0.25, 0.3) is 0 Å². The van der Waals surface area contributed by atoms with E-state index in [0.29, 0.717) is 12.1 Å². The molecule has 0 radical (unpaired) electrons. The van der Waals surface area contributed by atoms with E-state index >= 15 is 0 Å². The second kappa shape index (κ2) is 4.99. The van der Waals surface area contributed by atoms with Crippen molar-refractivity contribution in [1.82, 2.24) is 0 Å². The second-order valence-electron chi connectivity index (χ2n) is 4.22. The molecule has 84 valence electrons. The number of anilines is 1. The van der Waals surface area contributed by atoms with Gasteiger partial charge in [-0.15, -0.1) is 0 Å². The van der Waals surface area contributed by atoms with E-state index in [4.69, 9.17) is 0 Å². The highest BCUT2D eigenvalue weighted by atomic mass is 14.9. The molecule has 0 saturated heterocycles. The zero-order valence-electron chi connectivity index (χ0n) is 9.85. The fourth-order valence-electron chi connectivity index (χ4n) is 1.78. The Bertz CT molecular complexity index is 376. The van der Waals surface area contributed by atoms with Gasteiger partial charge in [-0.2, -0.15) is 0 Å². The second-order valence-corrected chi connectivity index (χ2v) is 4.22. The molecule has 3 N–H and O–H groups in total. The van der Waals surface area contributed by atoms with E-state index in [1.807, 2.05) is 0 Å². The van der Waals surface area contributed by atoms with Crippen LogP contribution in [0.1, 0.15) is 5.56 Å². The van der Waals surface area contributed by atoms with E-state index < -0.39 is 0 Å². The number of hydrogen-bond donors (Lipinski definition) is 2. The fourth-order valence-corrected chi connectivity index (χ4v) is 1.78. The maximum Gasteiger partial charge on any atom is 0.123 e. The van der Waals surface area contributed by atoms with Gasteiger partial charge >= 0.3 is 0 Å². The summed E-state index contributed by atoms with van der Waals surface area (Å²) in [6.45, 7) is 2.10. The molecule has 2 nitrogen and oxygen atoms in total. The molecule has 1 aliphatic rings. The summed E-state index contributed by atoms with van der Waals surface area (Å²) in [5.74, 6) is 0. The summed E-state index contributed by atoms with van der Waals surface area (Å²) < 4.78 is 0. The third-order valence-corrected chi connectivity index (χ3v) is 2.85. The Morgan fingerprint density at radius 3 is 2.19 bits per heavy atom. The van der Waals surface area contributed by atoms with Crippen LogP contribution in [0.15, 0.2) is 48.6 Å². The Morgan fingerprint density at radius 2 is 1.62 bits per heavy atom. The predicted octanol–water partition coefficient (Wildman–Crippen LogP) is 1.46. The third kappa shape index (κ3) is 2.74. The number of aryl methyl sites for hydroxylation is 1. The van der Waals surface area contributed by atoms with Crippen molar-refractivity contribution in [3.63, 3.8) is 0 Å². The molecule has 0 amide bonds. The van der Waals surface area contributed by atoms with Crippen molar-refractivity contribution in [2.45, 2.75) is 19.0 Å². The van der Waals surface area contributed by atoms with Crippen LogP contribution in [0.2, 0.25) is 0 Å². The van der Waals surface area contributed by atoms with Crippen LogP contribution in [0.4, 0.5) is 5.69 Å². The zero-order valence-corrected chi connectivity index (χ0v) is 9.85. The van der Waals surface area contributed by atoms with Crippen LogP contribution in [0.5, 0.6) is 0 Å². The van der Waals surface area contributed by atoms with E-state index in [9.17, 15) is 0 Å². The Balaban J connectivity index is 1.97. The summed E-state index contributed by atoms with van der Waals surface area (Å²) in [5.41, 5.74) is 2.46. The monoisotopic (exact) mass is 215 g/mol. The van der Waals surface area contributed by atoms with Crippen molar-refractivity contribution < 1.29 is 5.32 Å². The lowest BCUT2D eigenvalue weighted by Gasteiger charge is -2.17. The van der Waals surface area contributed by atoms with Gasteiger partial charge in [0.25, 0.3) is 0 Å². The van der Waals surface area contributed by atoms with E-state index in [2.05, 4.69) is 73.2 Å². The van der Waals surface area contributed by atoms with Gasteiger partial charge in [0.1, 0.15) is 6.04 Å². The smallest absolute Gasteiger partial charge is 0.123 e. The van der Waals surface area contributed by atoms with Gasteiger partial charge in [0.15, 0.2) is 0 Å². The van der Waals surface area contributed by atoms with Crippen molar-refractivity contribution in [2.24, 2.45) is 0 Å². The first-order valence-corrected chi connectivity index (χ1v) is 5.77.